The molecule has 2 amide bonds. The molecule has 1 N–H and O–H groups in total. The van der Waals surface area contributed by atoms with Crippen LogP contribution in [0, 0.1) is 6.92 Å². The summed E-state index contributed by atoms with van der Waals surface area (Å²) < 4.78 is 5.90. The lowest BCUT2D eigenvalue weighted by atomic mass is 9.92. The molecule has 0 saturated carbocycles. The van der Waals surface area contributed by atoms with E-state index < -0.39 is 6.10 Å². The topological polar surface area (TPSA) is 58.6 Å². The van der Waals surface area contributed by atoms with Crippen LogP contribution in [0.15, 0.2) is 36.4 Å². The van der Waals surface area contributed by atoms with E-state index in [0.29, 0.717) is 12.1 Å². The van der Waals surface area contributed by atoms with Crippen LogP contribution in [0.1, 0.15) is 49.3 Å². The number of nitrogens with one attached hydrogen (secondary N) is 1. The molecular formula is C24H28N2O3. The number of benzene rings is 2. The molecule has 1 aliphatic heterocycles. The largest absolute Gasteiger partial charge is 0.481 e. The van der Waals surface area contributed by atoms with Crippen LogP contribution in [0.3, 0.4) is 0 Å². The lowest BCUT2D eigenvalue weighted by Gasteiger charge is -2.20. The second kappa shape index (κ2) is 8.27. The fourth-order valence-electron chi connectivity index (χ4n) is 4.22. The first kappa shape index (κ1) is 19.5. The van der Waals surface area contributed by atoms with E-state index in [-0.39, 0.29) is 11.8 Å². The third-order valence-corrected chi connectivity index (χ3v) is 5.83. The first-order valence-electron chi connectivity index (χ1n) is 10.5. The molecule has 2 aromatic carbocycles. The maximum atomic E-state index is 12.6. The number of nitrogens with zero attached hydrogens (tertiary/aromatic N) is 1. The molecule has 0 unspecified atom stereocenters. The predicted molar refractivity (Wildman–Crippen MR) is 115 cm³/mol. The van der Waals surface area contributed by atoms with Crippen molar-refractivity contribution in [2.45, 2.75) is 58.5 Å². The summed E-state index contributed by atoms with van der Waals surface area (Å²) >= 11 is 0. The van der Waals surface area contributed by atoms with Gasteiger partial charge in [0, 0.05) is 24.3 Å². The fraction of sp³-hybridized carbons (Fsp3) is 0.417. The monoisotopic (exact) mass is 392 g/mol. The molecule has 152 valence electrons. The van der Waals surface area contributed by atoms with Crippen LogP contribution in [0.25, 0.3) is 0 Å². The van der Waals surface area contributed by atoms with Gasteiger partial charge in [-0.2, -0.15) is 0 Å². The highest BCUT2D eigenvalue weighted by atomic mass is 16.5. The van der Waals surface area contributed by atoms with Gasteiger partial charge in [0.1, 0.15) is 5.75 Å². The van der Waals surface area contributed by atoms with Gasteiger partial charge < -0.3 is 15.0 Å². The highest BCUT2D eigenvalue weighted by Gasteiger charge is 2.23. The Morgan fingerprint density at radius 2 is 1.83 bits per heavy atom. The van der Waals surface area contributed by atoms with Gasteiger partial charge in [0.05, 0.1) is 0 Å². The minimum atomic E-state index is -0.600. The van der Waals surface area contributed by atoms with E-state index in [2.05, 4.69) is 17.4 Å². The van der Waals surface area contributed by atoms with Crippen LogP contribution in [0.2, 0.25) is 0 Å². The molecule has 1 heterocycles. The number of fused-ring (bicyclic) bond motifs is 1. The van der Waals surface area contributed by atoms with Gasteiger partial charge in [0.15, 0.2) is 6.10 Å². The SMILES string of the molecule is Cc1cc(NC(=O)[C@H](C)Oc2ccc3c(c2)CCCC3)ccc1N1CCCC1=O. The molecule has 5 heteroatoms. The Hall–Kier alpha value is -2.82. The summed E-state index contributed by atoms with van der Waals surface area (Å²) in [5.74, 6) is 0.719. The van der Waals surface area contributed by atoms with Crippen molar-refractivity contribution < 1.29 is 14.3 Å². The van der Waals surface area contributed by atoms with Crippen LogP contribution in [-0.4, -0.2) is 24.5 Å². The molecule has 2 aliphatic rings. The zero-order chi connectivity index (χ0) is 20.4. The van der Waals surface area contributed by atoms with Gasteiger partial charge in [-0.05, 0) is 93.0 Å². The lowest BCUT2D eigenvalue weighted by Crippen LogP contribution is -2.30. The van der Waals surface area contributed by atoms with E-state index in [1.807, 2.05) is 36.1 Å². The minimum Gasteiger partial charge on any atom is -0.481 e. The summed E-state index contributed by atoms with van der Waals surface area (Å²) in [5, 5.41) is 2.93. The smallest absolute Gasteiger partial charge is 0.265 e. The molecule has 0 aromatic heterocycles. The van der Waals surface area contributed by atoms with Gasteiger partial charge in [-0.3, -0.25) is 9.59 Å². The summed E-state index contributed by atoms with van der Waals surface area (Å²) in [5.41, 5.74) is 5.34. The maximum absolute atomic E-state index is 12.6. The number of ether oxygens (including phenoxy) is 1. The highest BCUT2D eigenvalue weighted by molar-refractivity contribution is 5.97. The number of hydrogen-bond acceptors (Lipinski definition) is 3. The Kier molecular flexibility index (Phi) is 5.56. The number of carbonyl (C=O) groups is 2. The van der Waals surface area contributed by atoms with Gasteiger partial charge in [-0.1, -0.05) is 6.07 Å². The van der Waals surface area contributed by atoms with Crippen molar-refractivity contribution in [1.82, 2.24) is 0 Å². The van der Waals surface area contributed by atoms with Gasteiger partial charge in [0.2, 0.25) is 5.91 Å². The molecule has 0 spiro atoms. The molecule has 1 saturated heterocycles. The molecule has 29 heavy (non-hydrogen) atoms. The number of amides is 2. The van der Waals surface area contributed by atoms with E-state index in [1.165, 1.54) is 24.0 Å². The second-order valence-electron chi connectivity index (χ2n) is 8.04. The van der Waals surface area contributed by atoms with E-state index in [4.69, 9.17) is 4.74 Å². The number of rotatable bonds is 5. The van der Waals surface area contributed by atoms with Crippen LogP contribution >= 0.6 is 0 Å². The third-order valence-electron chi connectivity index (χ3n) is 5.83. The standard InChI is InChI=1S/C24H28N2O3/c1-16-14-20(10-12-22(16)26-13-5-8-23(26)27)25-24(28)17(2)29-21-11-9-18-6-3-4-7-19(18)15-21/h9-12,14-15,17H,3-8,13H2,1-2H3,(H,25,28)/t17-/m0/s1. The number of aryl methyl sites for hydroxylation is 3. The van der Waals surface area contributed by atoms with Crippen molar-refractivity contribution in [3.63, 3.8) is 0 Å². The third kappa shape index (κ3) is 4.29. The number of anilines is 2. The van der Waals surface area contributed by atoms with Crippen molar-refractivity contribution in [3.8, 4) is 5.75 Å². The number of hydrogen-bond donors (Lipinski definition) is 1. The summed E-state index contributed by atoms with van der Waals surface area (Å²) in [6.07, 6.45) is 5.57. The molecule has 1 aliphatic carbocycles. The Labute approximate surface area is 172 Å². The summed E-state index contributed by atoms with van der Waals surface area (Å²) in [6.45, 7) is 4.49. The average molecular weight is 392 g/mol. The maximum Gasteiger partial charge on any atom is 0.265 e. The quantitative estimate of drug-likeness (QED) is 0.820. The van der Waals surface area contributed by atoms with Crippen molar-refractivity contribution >= 4 is 23.2 Å². The molecule has 5 nitrogen and oxygen atoms in total. The Morgan fingerprint density at radius 3 is 2.55 bits per heavy atom. The normalized spacial score (nSPS) is 17.0. The second-order valence-corrected chi connectivity index (χ2v) is 8.04. The van der Waals surface area contributed by atoms with Crippen molar-refractivity contribution in [3.05, 3.63) is 53.1 Å². The first-order valence-corrected chi connectivity index (χ1v) is 10.5. The van der Waals surface area contributed by atoms with Crippen molar-refractivity contribution in [1.29, 1.82) is 0 Å². The average Bonchev–Trinajstić information content (AvgIpc) is 3.13. The van der Waals surface area contributed by atoms with E-state index >= 15 is 0 Å². The van der Waals surface area contributed by atoms with Crippen LogP contribution < -0.4 is 15.0 Å². The van der Waals surface area contributed by atoms with Gasteiger partial charge >= 0.3 is 0 Å². The Balaban J connectivity index is 1.39. The van der Waals surface area contributed by atoms with Crippen LogP contribution in [0.5, 0.6) is 5.75 Å². The lowest BCUT2D eigenvalue weighted by molar-refractivity contribution is -0.122. The highest BCUT2D eigenvalue weighted by Crippen LogP contribution is 2.28. The van der Waals surface area contributed by atoms with Gasteiger partial charge in [-0.15, -0.1) is 0 Å². The Bertz CT molecular complexity index is 938. The summed E-state index contributed by atoms with van der Waals surface area (Å²) in [7, 11) is 0. The van der Waals surface area contributed by atoms with E-state index in [1.54, 1.807) is 6.92 Å². The Morgan fingerprint density at radius 1 is 1.03 bits per heavy atom. The van der Waals surface area contributed by atoms with E-state index in [0.717, 1.165) is 42.8 Å². The van der Waals surface area contributed by atoms with Crippen molar-refractivity contribution in [2.24, 2.45) is 0 Å². The zero-order valence-corrected chi connectivity index (χ0v) is 17.2. The molecule has 1 fully saturated rings. The van der Waals surface area contributed by atoms with Crippen LogP contribution in [-0.2, 0) is 22.4 Å². The molecular weight excluding hydrogens is 364 g/mol. The minimum absolute atomic E-state index is 0.164. The molecule has 0 radical (unpaired) electrons. The first-order chi connectivity index (χ1) is 14.0. The summed E-state index contributed by atoms with van der Waals surface area (Å²) in [4.78, 5) is 26.4. The van der Waals surface area contributed by atoms with Crippen molar-refractivity contribution in [2.75, 3.05) is 16.8 Å². The van der Waals surface area contributed by atoms with Gasteiger partial charge in [-0.25, -0.2) is 0 Å². The molecule has 4 rings (SSSR count). The summed E-state index contributed by atoms with van der Waals surface area (Å²) in [6, 6.07) is 11.8. The molecule has 1 atom stereocenters. The van der Waals surface area contributed by atoms with Crippen LogP contribution in [0.4, 0.5) is 11.4 Å². The fourth-order valence-corrected chi connectivity index (χ4v) is 4.22. The molecule has 2 aromatic rings. The predicted octanol–water partition coefficient (Wildman–Crippen LogP) is 4.41. The van der Waals surface area contributed by atoms with Gasteiger partial charge in [0.25, 0.3) is 5.91 Å². The van der Waals surface area contributed by atoms with E-state index in [9.17, 15) is 9.59 Å². The molecule has 0 bridgehead atoms. The zero-order valence-electron chi connectivity index (χ0n) is 17.2. The number of carbonyl (C=O) groups excluding carboxylic acids is 2.